The molecule has 1 saturated heterocycles. The van der Waals surface area contributed by atoms with Crippen LogP contribution in [-0.2, 0) is 9.47 Å². The van der Waals surface area contributed by atoms with Crippen LogP contribution in [-0.4, -0.2) is 75.3 Å². The number of β-amino-alcohol motifs (C(OH)–C–C–N with tert-alkyl or cyclic N) is 1. The summed E-state index contributed by atoms with van der Waals surface area (Å²) in [6, 6.07) is 0.796. The van der Waals surface area contributed by atoms with Gasteiger partial charge in [-0.1, -0.05) is 0 Å². The van der Waals surface area contributed by atoms with Crippen molar-refractivity contribution in [1.29, 1.82) is 0 Å². The van der Waals surface area contributed by atoms with Crippen molar-refractivity contribution in [2.75, 3.05) is 53.1 Å². The first-order valence-electron chi connectivity index (χ1n) is 7.98. The van der Waals surface area contributed by atoms with Gasteiger partial charge in [-0.25, -0.2) is 0 Å². The molecule has 0 amide bonds. The van der Waals surface area contributed by atoms with Crippen LogP contribution >= 0.6 is 0 Å². The highest BCUT2D eigenvalue weighted by Crippen LogP contribution is 2.21. The highest BCUT2D eigenvalue weighted by molar-refractivity contribution is 4.84. The van der Waals surface area contributed by atoms with E-state index in [2.05, 4.69) is 10.2 Å². The van der Waals surface area contributed by atoms with Crippen LogP contribution in [0.5, 0.6) is 0 Å². The maximum absolute atomic E-state index is 9.99. The Morgan fingerprint density at radius 2 is 2.15 bits per heavy atom. The molecule has 0 spiro atoms. The van der Waals surface area contributed by atoms with Crippen molar-refractivity contribution in [3.63, 3.8) is 0 Å². The van der Waals surface area contributed by atoms with Crippen molar-refractivity contribution in [2.24, 2.45) is 5.92 Å². The largest absolute Gasteiger partial charge is 0.389 e. The predicted molar refractivity (Wildman–Crippen MR) is 78.9 cm³/mol. The average Bonchev–Trinajstić information content (AvgIpc) is 3.26. The fraction of sp³-hybridized carbons (Fsp3) is 1.00. The zero-order chi connectivity index (χ0) is 14.2. The van der Waals surface area contributed by atoms with Crippen LogP contribution in [0.15, 0.2) is 0 Å². The molecule has 0 radical (unpaired) electrons. The quantitative estimate of drug-likeness (QED) is 0.572. The van der Waals surface area contributed by atoms with Gasteiger partial charge in [-0.05, 0) is 44.7 Å². The van der Waals surface area contributed by atoms with Crippen LogP contribution in [0.3, 0.4) is 0 Å². The van der Waals surface area contributed by atoms with E-state index >= 15 is 0 Å². The summed E-state index contributed by atoms with van der Waals surface area (Å²) in [6.45, 7) is 5.64. The molecule has 5 nitrogen and oxygen atoms in total. The Labute approximate surface area is 122 Å². The fourth-order valence-electron chi connectivity index (χ4n) is 2.82. The van der Waals surface area contributed by atoms with Gasteiger partial charge in [-0.15, -0.1) is 0 Å². The normalized spacial score (nSPS) is 25.8. The van der Waals surface area contributed by atoms with Gasteiger partial charge in [0.1, 0.15) is 0 Å². The minimum Gasteiger partial charge on any atom is -0.389 e. The summed E-state index contributed by atoms with van der Waals surface area (Å²) in [7, 11) is 1.66. The van der Waals surface area contributed by atoms with Crippen LogP contribution in [0.4, 0.5) is 0 Å². The van der Waals surface area contributed by atoms with Crippen molar-refractivity contribution in [3.8, 4) is 0 Å². The van der Waals surface area contributed by atoms with Crippen molar-refractivity contribution >= 4 is 0 Å². The summed E-state index contributed by atoms with van der Waals surface area (Å²) in [4.78, 5) is 2.38. The Balaban J connectivity index is 1.56. The number of rotatable bonds is 10. The molecule has 2 aliphatic rings. The minimum absolute atomic E-state index is 0.387. The zero-order valence-electron chi connectivity index (χ0n) is 12.7. The number of nitrogens with zero attached hydrogens (tertiary/aromatic N) is 1. The average molecular weight is 286 g/mol. The molecule has 2 unspecified atom stereocenters. The molecule has 1 saturated carbocycles. The second-order valence-corrected chi connectivity index (χ2v) is 6.17. The Hall–Kier alpha value is -0.200. The molecule has 2 fully saturated rings. The van der Waals surface area contributed by atoms with Gasteiger partial charge in [0.05, 0.1) is 25.9 Å². The molecule has 2 N–H and O–H groups in total. The van der Waals surface area contributed by atoms with Crippen LogP contribution in [0.25, 0.3) is 0 Å². The third-order valence-corrected chi connectivity index (χ3v) is 4.09. The number of hydrogen-bond donors (Lipinski definition) is 2. The van der Waals surface area contributed by atoms with E-state index in [1.54, 1.807) is 7.11 Å². The zero-order valence-corrected chi connectivity index (χ0v) is 12.7. The third kappa shape index (κ3) is 6.50. The monoisotopic (exact) mass is 286 g/mol. The van der Waals surface area contributed by atoms with Gasteiger partial charge < -0.3 is 24.8 Å². The van der Waals surface area contributed by atoms with Crippen LogP contribution < -0.4 is 5.32 Å². The summed E-state index contributed by atoms with van der Waals surface area (Å²) in [5.41, 5.74) is 0. The Morgan fingerprint density at radius 3 is 2.90 bits per heavy atom. The van der Waals surface area contributed by atoms with Crippen molar-refractivity contribution in [1.82, 2.24) is 10.2 Å². The van der Waals surface area contributed by atoms with Crippen molar-refractivity contribution in [3.05, 3.63) is 0 Å². The first kappa shape index (κ1) is 16.2. The number of ether oxygens (including phenoxy) is 2. The summed E-state index contributed by atoms with van der Waals surface area (Å²) in [5, 5.41) is 13.6. The lowest BCUT2D eigenvalue weighted by atomic mass is 9.97. The standard InChI is InChI=1S/C15H30N2O3/c1-19-7-8-20-12-15(18)11-17-6-2-3-13(10-17)9-16-14-4-5-14/h13-16,18H,2-12H2,1H3. The molecule has 2 rings (SSSR count). The Bertz CT molecular complexity index is 262. The molecule has 2 atom stereocenters. The summed E-state index contributed by atoms with van der Waals surface area (Å²) < 4.78 is 10.3. The number of nitrogens with one attached hydrogen (secondary N) is 1. The minimum atomic E-state index is -0.387. The molecule has 0 aromatic heterocycles. The number of methoxy groups -OCH3 is 1. The van der Waals surface area contributed by atoms with Gasteiger partial charge in [0.25, 0.3) is 0 Å². The molecular weight excluding hydrogens is 256 g/mol. The molecule has 1 aliphatic heterocycles. The van der Waals surface area contributed by atoms with Gasteiger partial charge in [0.15, 0.2) is 0 Å². The van der Waals surface area contributed by atoms with Gasteiger partial charge in [-0.2, -0.15) is 0 Å². The van der Waals surface area contributed by atoms with E-state index in [-0.39, 0.29) is 6.10 Å². The molecule has 0 aromatic rings. The van der Waals surface area contributed by atoms with E-state index in [0.717, 1.165) is 38.1 Å². The van der Waals surface area contributed by atoms with E-state index in [9.17, 15) is 5.11 Å². The van der Waals surface area contributed by atoms with E-state index in [4.69, 9.17) is 9.47 Å². The molecular formula is C15H30N2O3. The lowest BCUT2D eigenvalue weighted by molar-refractivity contribution is -0.00571. The molecule has 0 aromatic carbocycles. The lowest BCUT2D eigenvalue weighted by Gasteiger charge is -2.34. The lowest BCUT2D eigenvalue weighted by Crippen LogP contribution is -2.44. The van der Waals surface area contributed by atoms with Crippen LogP contribution in [0.1, 0.15) is 25.7 Å². The van der Waals surface area contributed by atoms with Crippen LogP contribution in [0.2, 0.25) is 0 Å². The first-order chi connectivity index (χ1) is 9.78. The van der Waals surface area contributed by atoms with Gasteiger partial charge in [-0.3, -0.25) is 0 Å². The Kier molecular flexibility index (Phi) is 7.24. The van der Waals surface area contributed by atoms with Crippen molar-refractivity contribution in [2.45, 2.75) is 37.8 Å². The molecule has 1 heterocycles. The SMILES string of the molecule is COCCOCC(O)CN1CCCC(CNC2CC2)C1. The van der Waals surface area contributed by atoms with Crippen LogP contribution in [0, 0.1) is 5.92 Å². The summed E-state index contributed by atoms with van der Waals surface area (Å²) in [6.07, 6.45) is 4.88. The van der Waals surface area contributed by atoms with E-state index in [1.165, 1.54) is 25.7 Å². The smallest absolute Gasteiger partial charge is 0.0900 e. The van der Waals surface area contributed by atoms with Gasteiger partial charge in [0, 0.05) is 26.2 Å². The number of piperidine rings is 1. The first-order valence-corrected chi connectivity index (χ1v) is 7.98. The molecule has 118 valence electrons. The van der Waals surface area contributed by atoms with Gasteiger partial charge in [0.2, 0.25) is 0 Å². The highest BCUT2D eigenvalue weighted by Gasteiger charge is 2.25. The second-order valence-electron chi connectivity index (χ2n) is 6.17. The number of aliphatic hydroxyl groups is 1. The molecule has 0 bridgehead atoms. The molecule has 5 heteroatoms. The predicted octanol–water partition coefficient (Wildman–Crippen LogP) is 0.474. The van der Waals surface area contributed by atoms with E-state index in [0.29, 0.717) is 19.8 Å². The maximum atomic E-state index is 9.99. The molecule has 20 heavy (non-hydrogen) atoms. The number of aliphatic hydroxyl groups excluding tert-OH is 1. The second kappa shape index (κ2) is 8.95. The highest BCUT2D eigenvalue weighted by atomic mass is 16.5. The topological polar surface area (TPSA) is 54.0 Å². The van der Waals surface area contributed by atoms with Gasteiger partial charge >= 0.3 is 0 Å². The third-order valence-electron chi connectivity index (χ3n) is 4.09. The summed E-state index contributed by atoms with van der Waals surface area (Å²) >= 11 is 0. The Morgan fingerprint density at radius 1 is 1.30 bits per heavy atom. The maximum Gasteiger partial charge on any atom is 0.0900 e. The van der Waals surface area contributed by atoms with Crippen molar-refractivity contribution < 1.29 is 14.6 Å². The fourth-order valence-corrected chi connectivity index (χ4v) is 2.82. The van der Waals surface area contributed by atoms with E-state index < -0.39 is 0 Å². The number of hydrogen-bond acceptors (Lipinski definition) is 5. The van der Waals surface area contributed by atoms with E-state index in [1.807, 2.05) is 0 Å². The summed E-state index contributed by atoms with van der Waals surface area (Å²) in [5.74, 6) is 0.742. The molecule has 1 aliphatic carbocycles. The number of likely N-dealkylation sites (tertiary alicyclic amines) is 1.